The Morgan fingerprint density at radius 1 is 1.25 bits per heavy atom. The van der Waals surface area contributed by atoms with E-state index in [2.05, 4.69) is 4.74 Å². The largest absolute Gasteiger partial charge is 1.00 e. The number of hydrogen-bond acceptors (Lipinski definition) is 4. The molecule has 0 saturated carbocycles. The minimum absolute atomic E-state index is 0. The fourth-order valence-corrected chi connectivity index (χ4v) is 0.641. The quantitative estimate of drug-likeness (QED) is 0.241. The Balaban J connectivity index is 0. The van der Waals surface area contributed by atoms with Crippen LogP contribution in [-0.2, 0) is 14.3 Å². The van der Waals surface area contributed by atoms with E-state index in [1.54, 1.807) is 0 Å². The first-order chi connectivity index (χ1) is 5.16. The Kier molecular flexibility index (Phi) is 10.1. The number of aliphatic carboxylic acids is 1. The Morgan fingerprint density at radius 3 is 2.17 bits per heavy atom. The standard InChI is InChI=1S/C7H12O4.Li/c1-11-7(10)5-3-2-4-6(8)9;/h2-5H2,1H3,(H,8,9);/q;+1/p-1. The minimum Gasteiger partial charge on any atom is -0.550 e. The minimum atomic E-state index is -1.07. The van der Waals surface area contributed by atoms with Gasteiger partial charge in [-0.2, -0.15) is 0 Å². The zero-order valence-corrected chi connectivity index (χ0v) is 7.46. The molecular weight excluding hydrogens is 155 g/mol. The van der Waals surface area contributed by atoms with Crippen molar-refractivity contribution in [2.45, 2.75) is 25.7 Å². The van der Waals surface area contributed by atoms with Gasteiger partial charge in [0.2, 0.25) is 0 Å². The summed E-state index contributed by atoms with van der Waals surface area (Å²) < 4.78 is 4.36. The van der Waals surface area contributed by atoms with Crippen LogP contribution in [0.4, 0.5) is 0 Å². The number of methoxy groups -OCH3 is 1. The average Bonchev–Trinajstić information content (AvgIpc) is 1.97. The monoisotopic (exact) mass is 166 g/mol. The second-order valence-electron chi connectivity index (χ2n) is 2.16. The van der Waals surface area contributed by atoms with Crippen LogP contribution in [-0.4, -0.2) is 19.0 Å². The van der Waals surface area contributed by atoms with Crippen LogP contribution in [0.15, 0.2) is 0 Å². The van der Waals surface area contributed by atoms with Crippen molar-refractivity contribution in [1.82, 2.24) is 0 Å². The second kappa shape index (κ2) is 8.63. The van der Waals surface area contributed by atoms with Crippen LogP contribution in [0.5, 0.6) is 0 Å². The fraction of sp³-hybridized carbons (Fsp3) is 0.714. The molecule has 12 heavy (non-hydrogen) atoms. The summed E-state index contributed by atoms with van der Waals surface area (Å²) >= 11 is 0. The van der Waals surface area contributed by atoms with Gasteiger partial charge >= 0.3 is 24.8 Å². The number of rotatable bonds is 5. The Bertz CT molecular complexity index is 146. The summed E-state index contributed by atoms with van der Waals surface area (Å²) in [7, 11) is 1.31. The third-order valence-electron chi connectivity index (χ3n) is 1.24. The molecule has 0 atom stereocenters. The molecule has 0 aliphatic rings. The van der Waals surface area contributed by atoms with Gasteiger partial charge in [0.1, 0.15) is 0 Å². The van der Waals surface area contributed by atoms with Crippen molar-refractivity contribution < 1.29 is 38.3 Å². The number of carbonyl (C=O) groups is 2. The van der Waals surface area contributed by atoms with Crippen molar-refractivity contribution in [3.63, 3.8) is 0 Å². The van der Waals surface area contributed by atoms with Gasteiger partial charge in [0.25, 0.3) is 0 Å². The molecule has 0 aromatic rings. The molecule has 0 spiro atoms. The maximum atomic E-state index is 10.5. The van der Waals surface area contributed by atoms with Gasteiger partial charge in [-0.25, -0.2) is 0 Å². The topological polar surface area (TPSA) is 66.4 Å². The molecule has 0 bridgehead atoms. The zero-order valence-electron chi connectivity index (χ0n) is 7.46. The summed E-state index contributed by atoms with van der Waals surface area (Å²) in [5.41, 5.74) is 0. The number of esters is 1. The molecule has 0 rings (SSSR count). The molecular formula is C7H11LiO4. The predicted octanol–water partition coefficient (Wildman–Crippen LogP) is -3.53. The summed E-state index contributed by atoms with van der Waals surface area (Å²) in [6, 6.07) is 0. The second-order valence-corrected chi connectivity index (χ2v) is 2.16. The maximum absolute atomic E-state index is 10.5. The molecule has 5 heteroatoms. The number of carboxylic acids is 1. The van der Waals surface area contributed by atoms with Gasteiger partial charge in [0, 0.05) is 12.4 Å². The molecule has 0 aliphatic heterocycles. The first-order valence-electron chi connectivity index (χ1n) is 3.43. The third-order valence-corrected chi connectivity index (χ3v) is 1.24. The number of carbonyl (C=O) groups excluding carboxylic acids is 2. The van der Waals surface area contributed by atoms with Crippen molar-refractivity contribution in [3.05, 3.63) is 0 Å². The van der Waals surface area contributed by atoms with E-state index in [0.29, 0.717) is 12.8 Å². The van der Waals surface area contributed by atoms with Crippen LogP contribution in [0, 0.1) is 0 Å². The Hall–Kier alpha value is -0.463. The summed E-state index contributed by atoms with van der Waals surface area (Å²) in [4.78, 5) is 20.4. The van der Waals surface area contributed by atoms with Crippen molar-refractivity contribution in [2.75, 3.05) is 7.11 Å². The van der Waals surface area contributed by atoms with E-state index in [-0.39, 0.29) is 37.7 Å². The molecule has 0 amide bonds. The molecule has 4 nitrogen and oxygen atoms in total. The number of ether oxygens (including phenoxy) is 1. The average molecular weight is 166 g/mol. The summed E-state index contributed by atoms with van der Waals surface area (Å²) in [6.45, 7) is 0. The fourth-order valence-electron chi connectivity index (χ4n) is 0.641. The van der Waals surface area contributed by atoms with Crippen LogP contribution in [0.2, 0.25) is 0 Å². The first kappa shape index (κ1) is 14.1. The van der Waals surface area contributed by atoms with Crippen LogP contribution in [0.3, 0.4) is 0 Å². The van der Waals surface area contributed by atoms with Crippen LogP contribution < -0.4 is 24.0 Å². The van der Waals surface area contributed by atoms with Gasteiger partial charge in [-0.1, -0.05) is 0 Å². The van der Waals surface area contributed by atoms with Gasteiger partial charge in [0.05, 0.1) is 7.11 Å². The first-order valence-corrected chi connectivity index (χ1v) is 3.43. The number of carboxylic acid groups (broad SMARTS) is 1. The maximum Gasteiger partial charge on any atom is 1.00 e. The molecule has 64 valence electrons. The van der Waals surface area contributed by atoms with Gasteiger partial charge in [-0.05, 0) is 19.3 Å². The summed E-state index contributed by atoms with van der Waals surface area (Å²) in [5, 5.41) is 9.89. The van der Waals surface area contributed by atoms with Crippen molar-refractivity contribution >= 4 is 11.9 Å². The van der Waals surface area contributed by atoms with Crippen LogP contribution in [0.1, 0.15) is 25.7 Å². The molecule has 0 fully saturated rings. The molecule has 0 heterocycles. The van der Waals surface area contributed by atoms with Gasteiger partial charge in [-0.15, -0.1) is 0 Å². The van der Waals surface area contributed by atoms with Gasteiger partial charge in [-0.3, -0.25) is 4.79 Å². The van der Waals surface area contributed by atoms with Crippen LogP contribution in [0.25, 0.3) is 0 Å². The Morgan fingerprint density at radius 2 is 1.75 bits per heavy atom. The van der Waals surface area contributed by atoms with Crippen molar-refractivity contribution in [2.24, 2.45) is 0 Å². The Labute approximate surface area is 83.5 Å². The van der Waals surface area contributed by atoms with Crippen molar-refractivity contribution in [3.8, 4) is 0 Å². The molecule has 0 aliphatic carbocycles. The van der Waals surface area contributed by atoms with E-state index in [1.165, 1.54) is 7.11 Å². The third kappa shape index (κ3) is 9.54. The summed E-state index contributed by atoms with van der Waals surface area (Å²) in [5.74, 6) is -1.38. The van der Waals surface area contributed by atoms with Crippen LogP contribution >= 0.6 is 0 Å². The van der Waals surface area contributed by atoms with Gasteiger partial charge in [0.15, 0.2) is 0 Å². The number of hydrogen-bond donors (Lipinski definition) is 0. The molecule has 0 radical (unpaired) electrons. The molecule has 0 N–H and O–H groups in total. The SMILES string of the molecule is COC(=O)CCCCC(=O)[O-].[Li+]. The van der Waals surface area contributed by atoms with Gasteiger partial charge < -0.3 is 14.6 Å². The number of unbranched alkanes of at least 4 members (excludes halogenated alkanes) is 1. The molecule has 0 unspecified atom stereocenters. The molecule has 0 saturated heterocycles. The zero-order chi connectivity index (χ0) is 8.69. The molecule has 0 aromatic heterocycles. The van der Waals surface area contributed by atoms with E-state index < -0.39 is 5.97 Å². The van der Waals surface area contributed by atoms with E-state index in [1.807, 2.05) is 0 Å². The van der Waals surface area contributed by atoms with E-state index in [0.717, 1.165) is 0 Å². The van der Waals surface area contributed by atoms with E-state index >= 15 is 0 Å². The normalized spacial score (nSPS) is 8.42. The van der Waals surface area contributed by atoms with Crippen molar-refractivity contribution in [1.29, 1.82) is 0 Å². The summed E-state index contributed by atoms with van der Waals surface area (Å²) in [6.07, 6.45) is 1.30. The van der Waals surface area contributed by atoms with E-state index in [9.17, 15) is 14.7 Å². The van der Waals surface area contributed by atoms with E-state index in [4.69, 9.17) is 0 Å². The molecule has 0 aromatic carbocycles. The smallest absolute Gasteiger partial charge is 0.550 e. The predicted molar refractivity (Wildman–Crippen MR) is 35.5 cm³/mol.